The van der Waals surface area contributed by atoms with Gasteiger partial charge in [0.1, 0.15) is 0 Å². The Morgan fingerprint density at radius 3 is 2.81 bits per heavy atom. The minimum absolute atomic E-state index is 0.0563. The fourth-order valence-electron chi connectivity index (χ4n) is 3.49. The van der Waals surface area contributed by atoms with E-state index in [4.69, 9.17) is 4.74 Å². The molecule has 2 aromatic rings. The van der Waals surface area contributed by atoms with Crippen molar-refractivity contribution in [2.24, 2.45) is 0 Å². The van der Waals surface area contributed by atoms with Gasteiger partial charge in [0, 0.05) is 18.3 Å². The van der Waals surface area contributed by atoms with Crippen LogP contribution >= 0.6 is 0 Å². The molecule has 1 N–H and O–H groups in total. The molecule has 26 heavy (non-hydrogen) atoms. The molecule has 0 aromatic heterocycles. The average Bonchev–Trinajstić information content (AvgIpc) is 2.66. The quantitative estimate of drug-likeness (QED) is 0.887. The lowest BCUT2D eigenvalue weighted by atomic mass is 9.87. The number of benzene rings is 2. The number of fused-ring (bicyclic) bond motifs is 1. The fourth-order valence-corrected chi connectivity index (χ4v) is 3.49. The second-order valence-corrected chi connectivity index (χ2v) is 6.45. The van der Waals surface area contributed by atoms with E-state index >= 15 is 0 Å². The van der Waals surface area contributed by atoms with Crippen LogP contribution in [-0.4, -0.2) is 30.6 Å². The first kappa shape index (κ1) is 18.0. The SMILES string of the molecule is CCOC(=O)Nc1cccc(C(=O)N(C)C2CCCc3ccccc32)c1. The van der Waals surface area contributed by atoms with Crippen molar-refractivity contribution in [2.45, 2.75) is 32.2 Å². The first-order chi connectivity index (χ1) is 12.6. The molecule has 1 aliphatic carbocycles. The number of amides is 2. The smallest absolute Gasteiger partial charge is 0.411 e. The third kappa shape index (κ3) is 3.87. The number of anilines is 1. The highest BCUT2D eigenvalue weighted by Gasteiger charge is 2.27. The van der Waals surface area contributed by atoms with Gasteiger partial charge in [0.05, 0.1) is 12.6 Å². The topological polar surface area (TPSA) is 58.6 Å². The number of hydrogen-bond donors (Lipinski definition) is 1. The maximum atomic E-state index is 13.0. The van der Waals surface area contributed by atoms with Crippen molar-refractivity contribution in [3.05, 3.63) is 65.2 Å². The van der Waals surface area contributed by atoms with Crippen molar-refractivity contribution in [3.8, 4) is 0 Å². The summed E-state index contributed by atoms with van der Waals surface area (Å²) in [5.74, 6) is -0.0563. The molecule has 136 valence electrons. The van der Waals surface area contributed by atoms with Crippen molar-refractivity contribution >= 4 is 17.7 Å². The Labute approximate surface area is 154 Å². The molecule has 0 spiro atoms. The lowest BCUT2D eigenvalue weighted by Crippen LogP contribution is -2.33. The minimum atomic E-state index is -0.522. The van der Waals surface area contributed by atoms with Crippen LogP contribution in [0.15, 0.2) is 48.5 Å². The summed E-state index contributed by atoms with van der Waals surface area (Å²) in [5.41, 5.74) is 3.65. The van der Waals surface area contributed by atoms with Crippen molar-refractivity contribution in [2.75, 3.05) is 19.0 Å². The third-order valence-electron chi connectivity index (χ3n) is 4.76. The summed E-state index contributed by atoms with van der Waals surface area (Å²) in [7, 11) is 1.85. The zero-order valence-electron chi connectivity index (χ0n) is 15.2. The molecule has 3 rings (SSSR count). The summed E-state index contributed by atoms with van der Waals surface area (Å²) >= 11 is 0. The highest BCUT2D eigenvalue weighted by atomic mass is 16.5. The molecule has 5 heteroatoms. The third-order valence-corrected chi connectivity index (χ3v) is 4.76. The van der Waals surface area contributed by atoms with Crippen molar-refractivity contribution < 1.29 is 14.3 Å². The maximum Gasteiger partial charge on any atom is 0.411 e. The summed E-state index contributed by atoms with van der Waals surface area (Å²) in [6.07, 6.45) is 2.57. The van der Waals surface area contributed by atoms with Crippen LogP contribution in [0.1, 0.15) is 47.3 Å². The Morgan fingerprint density at radius 2 is 2.00 bits per heavy atom. The van der Waals surface area contributed by atoms with E-state index in [2.05, 4.69) is 17.4 Å². The van der Waals surface area contributed by atoms with Gasteiger partial charge in [-0.3, -0.25) is 10.1 Å². The standard InChI is InChI=1S/C21H24N2O3/c1-3-26-21(25)22-17-11-6-10-16(14-17)20(24)23(2)19-13-7-9-15-8-4-5-12-18(15)19/h4-6,8,10-12,14,19H,3,7,9,13H2,1-2H3,(H,22,25). The van der Waals surface area contributed by atoms with Crippen LogP contribution in [0.4, 0.5) is 10.5 Å². The highest BCUT2D eigenvalue weighted by molar-refractivity contribution is 5.96. The molecule has 2 amide bonds. The molecule has 0 bridgehead atoms. The van der Waals surface area contributed by atoms with E-state index in [1.54, 1.807) is 31.2 Å². The molecule has 0 saturated heterocycles. The van der Waals surface area contributed by atoms with Crippen LogP contribution in [0.25, 0.3) is 0 Å². The monoisotopic (exact) mass is 352 g/mol. The van der Waals surface area contributed by atoms with E-state index in [-0.39, 0.29) is 11.9 Å². The molecule has 1 atom stereocenters. The molecule has 1 unspecified atom stereocenters. The first-order valence-corrected chi connectivity index (χ1v) is 8.99. The molecule has 0 heterocycles. The number of nitrogens with zero attached hydrogens (tertiary/aromatic N) is 1. The number of rotatable bonds is 4. The van der Waals surface area contributed by atoms with Gasteiger partial charge >= 0.3 is 6.09 Å². The number of carbonyl (C=O) groups is 2. The van der Waals surface area contributed by atoms with E-state index in [1.807, 2.05) is 24.1 Å². The van der Waals surface area contributed by atoms with Gasteiger partial charge in [-0.05, 0) is 55.5 Å². The van der Waals surface area contributed by atoms with Crippen molar-refractivity contribution in [1.82, 2.24) is 4.90 Å². The molecule has 0 aliphatic heterocycles. The molecule has 1 aliphatic rings. The highest BCUT2D eigenvalue weighted by Crippen LogP contribution is 2.34. The minimum Gasteiger partial charge on any atom is -0.450 e. The molecule has 0 saturated carbocycles. The average molecular weight is 352 g/mol. The van der Waals surface area contributed by atoms with Crippen LogP contribution in [-0.2, 0) is 11.2 Å². The van der Waals surface area contributed by atoms with Gasteiger partial charge in [0.2, 0.25) is 0 Å². The van der Waals surface area contributed by atoms with Gasteiger partial charge in [-0.1, -0.05) is 30.3 Å². The normalized spacial score (nSPS) is 15.7. The number of ether oxygens (including phenoxy) is 1. The summed E-state index contributed by atoms with van der Waals surface area (Å²) in [4.78, 5) is 26.4. The van der Waals surface area contributed by atoms with Gasteiger partial charge in [-0.25, -0.2) is 4.79 Å². The zero-order chi connectivity index (χ0) is 18.5. The van der Waals surface area contributed by atoms with Gasteiger partial charge in [-0.15, -0.1) is 0 Å². The zero-order valence-corrected chi connectivity index (χ0v) is 15.2. The number of hydrogen-bond acceptors (Lipinski definition) is 3. The number of nitrogens with one attached hydrogen (secondary N) is 1. The predicted octanol–water partition coefficient (Wildman–Crippen LogP) is 4.40. The van der Waals surface area contributed by atoms with Crippen LogP contribution in [0, 0.1) is 0 Å². The van der Waals surface area contributed by atoms with E-state index in [0.717, 1.165) is 19.3 Å². The van der Waals surface area contributed by atoms with Crippen LogP contribution in [0.2, 0.25) is 0 Å². The van der Waals surface area contributed by atoms with Gasteiger partial charge in [0.25, 0.3) is 5.91 Å². The van der Waals surface area contributed by atoms with Crippen LogP contribution < -0.4 is 5.32 Å². The summed E-state index contributed by atoms with van der Waals surface area (Å²) in [6, 6.07) is 15.4. The Hall–Kier alpha value is -2.82. The number of aryl methyl sites for hydroxylation is 1. The largest absolute Gasteiger partial charge is 0.450 e. The van der Waals surface area contributed by atoms with E-state index in [9.17, 15) is 9.59 Å². The van der Waals surface area contributed by atoms with Gasteiger partial charge < -0.3 is 9.64 Å². The van der Waals surface area contributed by atoms with Crippen LogP contribution in [0.3, 0.4) is 0 Å². The second-order valence-electron chi connectivity index (χ2n) is 6.45. The fraction of sp³-hybridized carbons (Fsp3) is 0.333. The molecular formula is C21H24N2O3. The Morgan fingerprint density at radius 1 is 1.19 bits per heavy atom. The molecule has 0 radical (unpaired) electrons. The second kappa shape index (κ2) is 8.04. The Bertz CT molecular complexity index is 803. The maximum absolute atomic E-state index is 13.0. The molecule has 2 aromatic carbocycles. The molecular weight excluding hydrogens is 328 g/mol. The molecule has 5 nitrogen and oxygen atoms in total. The summed E-state index contributed by atoms with van der Waals surface area (Å²) in [6.45, 7) is 2.05. The van der Waals surface area contributed by atoms with E-state index in [0.29, 0.717) is 17.9 Å². The van der Waals surface area contributed by atoms with E-state index in [1.165, 1.54) is 11.1 Å². The first-order valence-electron chi connectivity index (χ1n) is 8.99. The predicted molar refractivity (Wildman–Crippen MR) is 101 cm³/mol. The summed E-state index contributed by atoms with van der Waals surface area (Å²) < 4.78 is 4.88. The van der Waals surface area contributed by atoms with Crippen molar-refractivity contribution in [3.63, 3.8) is 0 Å². The van der Waals surface area contributed by atoms with Crippen molar-refractivity contribution in [1.29, 1.82) is 0 Å². The Balaban J connectivity index is 1.78. The van der Waals surface area contributed by atoms with Gasteiger partial charge in [-0.2, -0.15) is 0 Å². The number of carbonyl (C=O) groups excluding carboxylic acids is 2. The summed E-state index contributed by atoms with van der Waals surface area (Å²) in [5, 5.41) is 2.64. The lowest BCUT2D eigenvalue weighted by Gasteiger charge is -2.33. The van der Waals surface area contributed by atoms with Crippen LogP contribution in [0.5, 0.6) is 0 Å². The molecule has 0 fully saturated rings. The lowest BCUT2D eigenvalue weighted by molar-refractivity contribution is 0.0715. The van der Waals surface area contributed by atoms with Gasteiger partial charge in [0.15, 0.2) is 0 Å². The Kier molecular flexibility index (Phi) is 5.56. The van der Waals surface area contributed by atoms with E-state index < -0.39 is 6.09 Å².